The van der Waals surface area contributed by atoms with Crippen LogP contribution in [0.3, 0.4) is 0 Å². The van der Waals surface area contributed by atoms with Crippen molar-refractivity contribution in [1.29, 1.82) is 0 Å². The van der Waals surface area contributed by atoms with Gasteiger partial charge in [-0.2, -0.15) is 0 Å². The zero-order valence-corrected chi connectivity index (χ0v) is 12.9. The smallest absolute Gasteiger partial charge is 0.270 e. The Bertz CT molecular complexity index is 687. The second kappa shape index (κ2) is 7.93. The lowest BCUT2D eigenvalue weighted by Gasteiger charge is -2.18. The lowest BCUT2D eigenvalue weighted by Crippen LogP contribution is -2.18. The third-order valence-electron chi connectivity index (χ3n) is 3.43. The van der Waals surface area contributed by atoms with Crippen LogP contribution in [-0.4, -0.2) is 36.4 Å². The molecule has 0 unspecified atom stereocenters. The summed E-state index contributed by atoms with van der Waals surface area (Å²) in [6.45, 7) is 1.43. The molecule has 6 heteroatoms. The SMILES string of the molecule is CN(CCCN=Cc1cc([N+](=O)[O-])ccc1O)c1ccccc1. The summed E-state index contributed by atoms with van der Waals surface area (Å²) in [5.74, 6) is -0.0132. The lowest BCUT2D eigenvalue weighted by atomic mass is 10.2. The molecule has 120 valence electrons. The van der Waals surface area contributed by atoms with Gasteiger partial charge in [-0.05, 0) is 24.6 Å². The molecule has 0 saturated carbocycles. The molecule has 2 aromatic carbocycles. The van der Waals surface area contributed by atoms with Crippen molar-refractivity contribution in [2.75, 3.05) is 25.0 Å². The molecule has 0 heterocycles. The van der Waals surface area contributed by atoms with Crippen LogP contribution in [0, 0.1) is 10.1 Å². The Labute approximate surface area is 134 Å². The molecule has 0 saturated heterocycles. The third kappa shape index (κ3) is 4.81. The fourth-order valence-corrected chi connectivity index (χ4v) is 2.13. The predicted octanol–water partition coefficient (Wildman–Crippen LogP) is 3.25. The van der Waals surface area contributed by atoms with E-state index in [1.165, 1.54) is 24.4 Å². The van der Waals surface area contributed by atoms with Crippen LogP contribution in [0.2, 0.25) is 0 Å². The molecule has 23 heavy (non-hydrogen) atoms. The summed E-state index contributed by atoms with van der Waals surface area (Å²) >= 11 is 0. The fourth-order valence-electron chi connectivity index (χ4n) is 2.13. The average molecular weight is 313 g/mol. The molecular weight excluding hydrogens is 294 g/mol. The Hall–Kier alpha value is -2.89. The number of benzene rings is 2. The van der Waals surface area contributed by atoms with Gasteiger partial charge in [-0.25, -0.2) is 0 Å². The molecule has 0 aliphatic rings. The molecule has 2 rings (SSSR count). The lowest BCUT2D eigenvalue weighted by molar-refractivity contribution is -0.384. The van der Waals surface area contributed by atoms with E-state index in [1.54, 1.807) is 0 Å². The molecule has 1 N–H and O–H groups in total. The maximum Gasteiger partial charge on any atom is 0.270 e. The zero-order chi connectivity index (χ0) is 16.7. The van der Waals surface area contributed by atoms with Crippen LogP contribution in [0.4, 0.5) is 11.4 Å². The molecule has 0 radical (unpaired) electrons. The summed E-state index contributed by atoms with van der Waals surface area (Å²) < 4.78 is 0. The molecular formula is C17H19N3O3. The van der Waals surface area contributed by atoms with E-state index in [9.17, 15) is 15.2 Å². The van der Waals surface area contributed by atoms with Gasteiger partial charge >= 0.3 is 0 Å². The van der Waals surface area contributed by atoms with E-state index in [4.69, 9.17) is 0 Å². The van der Waals surface area contributed by atoms with Crippen LogP contribution in [0.1, 0.15) is 12.0 Å². The highest BCUT2D eigenvalue weighted by Crippen LogP contribution is 2.21. The highest BCUT2D eigenvalue weighted by molar-refractivity contribution is 5.84. The molecule has 0 amide bonds. The van der Waals surface area contributed by atoms with Crippen molar-refractivity contribution in [2.45, 2.75) is 6.42 Å². The quantitative estimate of drug-likeness (QED) is 0.368. The van der Waals surface area contributed by atoms with Crippen LogP contribution in [-0.2, 0) is 0 Å². The van der Waals surface area contributed by atoms with Crippen molar-refractivity contribution in [2.24, 2.45) is 4.99 Å². The fraction of sp³-hybridized carbons (Fsp3) is 0.235. The Kier molecular flexibility index (Phi) is 5.68. The number of phenols is 1. The molecule has 0 aromatic heterocycles. The highest BCUT2D eigenvalue weighted by Gasteiger charge is 2.08. The summed E-state index contributed by atoms with van der Waals surface area (Å²) in [7, 11) is 2.02. The Morgan fingerprint density at radius 1 is 1.26 bits per heavy atom. The van der Waals surface area contributed by atoms with Crippen LogP contribution in [0.5, 0.6) is 5.75 Å². The number of para-hydroxylation sites is 1. The Morgan fingerprint density at radius 2 is 2.00 bits per heavy atom. The number of non-ortho nitro benzene ring substituents is 1. The van der Waals surface area contributed by atoms with Gasteiger partial charge in [0.25, 0.3) is 5.69 Å². The Morgan fingerprint density at radius 3 is 2.70 bits per heavy atom. The van der Waals surface area contributed by atoms with Gasteiger partial charge < -0.3 is 10.0 Å². The minimum atomic E-state index is -0.494. The Balaban J connectivity index is 1.85. The minimum Gasteiger partial charge on any atom is -0.507 e. The van der Waals surface area contributed by atoms with Crippen LogP contribution < -0.4 is 4.90 Å². The van der Waals surface area contributed by atoms with Crippen molar-refractivity contribution in [3.63, 3.8) is 0 Å². The number of nitrogens with zero attached hydrogens (tertiary/aromatic N) is 3. The number of aliphatic imine (C=N–C) groups is 1. The second-order valence-corrected chi connectivity index (χ2v) is 5.15. The van der Waals surface area contributed by atoms with Gasteiger partial charge in [0.15, 0.2) is 0 Å². The van der Waals surface area contributed by atoms with Crippen molar-refractivity contribution < 1.29 is 10.0 Å². The topological polar surface area (TPSA) is 79.0 Å². The van der Waals surface area contributed by atoms with Crippen molar-refractivity contribution in [3.8, 4) is 5.75 Å². The number of hydrogen-bond acceptors (Lipinski definition) is 5. The first-order valence-electron chi connectivity index (χ1n) is 7.31. The monoisotopic (exact) mass is 313 g/mol. The standard InChI is InChI=1S/C17H19N3O3/c1-19(15-6-3-2-4-7-15)11-5-10-18-13-14-12-16(20(22)23)8-9-17(14)21/h2-4,6-9,12-13,21H,5,10-11H2,1H3. The van der Waals surface area contributed by atoms with Crippen LogP contribution in [0.15, 0.2) is 53.5 Å². The summed E-state index contributed by atoms with van der Waals surface area (Å²) in [4.78, 5) is 16.6. The molecule has 0 aliphatic carbocycles. The first kappa shape index (κ1) is 16.5. The maximum absolute atomic E-state index is 10.7. The maximum atomic E-state index is 10.7. The first-order chi connectivity index (χ1) is 11.1. The largest absolute Gasteiger partial charge is 0.507 e. The van der Waals surface area contributed by atoms with Gasteiger partial charge in [0.1, 0.15) is 5.75 Å². The van der Waals surface area contributed by atoms with E-state index in [2.05, 4.69) is 9.89 Å². The predicted molar refractivity (Wildman–Crippen MR) is 91.6 cm³/mol. The minimum absolute atomic E-state index is 0.0132. The van der Waals surface area contributed by atoms with Crippen molar-refractivity contribution in [3.05, 3.63) is 64.2 Å². The molecule has 0 spiro atoms. The number of aromatic hydroxyl groups is 1. The molecule has 0 atom stereocenters. The number of nitro groups is 1. The molecule has 6 nitrogen and oxygen atoms in total. The molecule has 0 aliphatic heterocycles. The summed E-state index contributed by atoms with van der Waals surface area (Å²) in [5, 5.41) is 20.4. The molecule has 2 aromatic rings. The normalized spacial score (nSPS) is 10.8. The van der Waals surface area contributed by atoms with E-state index < -0.39 is 4.92 Å². The van der Waals surface area contributed by atoms with Crippen LogP contribution in [0.25, 0.3) is 0 Å². The van der Waals surface area contributed by atoms with Gasteiger partial charge in [0.2, 0.25) is 0 Å². The number of phenolic OH excluding ortho intramolecular Hbond substituents is 1. The summed E-state index contributed by atoms with van der Waals surface area (Å²) in [5.41, 5.74) is 1.44. The summed E-state index contributed by atoms with van der Waals surface area (Å²) in [6.07, 6.45) is 2.32. The van der Waals surface area contributed by atoms with Gasteiger partial charge in [0, 0.05) is 49.7 Å². The van der Waals surface area contributed by atoms with E-state index in [0.717, 1.165) is 18.7 Å². The van der Waals surface area contributed by atoms with Crippen molar-refractivity contribution in [1.82, 2.24) is 0 Å². The van der Waals surface area contributed by atoms with Gasteiger partial charge in [0.05, 0.1) is 4.92 Å². The van der Waals surface area contributed by atoms with E-state index >= 15 is 0 Å². The summed E-state index contributed by atoms with van der Waals surface area (Å²) in [6, 6.07) is 13.9. The molecule has 0 fully saturated rings. The van der Waals surface area contributed by atoms with E-state index in [-0.39, 0.29) is 11.4 Å². The van der Waals surface area contributed by atoms with Crippen molar-refractivity contribution >= 4 is 17.6 Å². The van der Waals surface area contributed by atoms with Gasteiger partial charge in [-0.15, -0.1) is 0 Å². The number of anilines is 1. The average Bonchev–Trinajstić information content (AvgIpc) is 2.56. The molecule has 0 bridgehead atoms. The van der Waals surface area contributed by atoms with E-state index in [1.807, 2.05) is 37.4 Å². The number of rotatable bonds is 7. The second-order valence-electron chi connectivity index (χ2n) is 5.15. The van der Waals surface area contributed by atoms with Crippen LogP contribution >= 0.6 is 0 Å². The number of hydrogen-bond donors (Lipinski definition) is 1. The first-order valence-corrected chi connectivity index (χ1v) is 7.31. The van der Waals surface area contributed by atoms with Gasteiger partial charge in [-0.3, -0.25) is 15.1 Å². The van der Waals surface area contributed by atoms with E-state index in [0.29, 0.717) is 12.1 Å². The third-order valence-corrected chi connectivity index (χ3v) is 3.43. The number of nitro benzene ring substituents is 1. The van der Waals surface area contributed by atoms with Gasteiger partial charge in [-0.1, -0.05) is 18.2 Å². The highest BCUT2D eigenvalue weighted by atomic mass is 16.6. The zero-order valence-electron chi connectivity index (χ0n) is 12.9.